The lowest BCUT2D eigenvalue weighted by molar-refractivity contribution is -0.671. The van der Waals surface area contributed by atoms with E-state index in [-0.39, 0.29) is 0 Å². The molecule has 0 aliphatic heterocycles. The Hall–Kier alpha value is -4.96. The van der Waals surface area contributed by atoms with Gasteiger partial charge < -0.3 is 0 Å². The second-order valence-corrected chi connectivity index (χ2v) is 9.16. The minimum atomic E-state index is 1.17. The van der Waals surface area contributed by atoms with Gasteiger partial charge >= 0.3 is 0 Å². The molecule has 0 spiro atoms. The van der Waals surface area contributed by atoms with Crippen molar-refractivity contribution in [2.75, 3.05) is 0 Å². The van der Waals surface area contributed by atoms with Crippen LogP contribution in [0.1, 0.15) is 0 Å². The molecular formula is C34H32N4+4. The maximum atomic E-state index is 2.15. The van der Waals surface area contributed by atoms with Gasteiger partial charge in [0.05, 0.1) is 0 Å². The van der Waals surface area contributed by atoms with Crippen LogP contribution in [0.3, 0.4) is 0 Å². The van der Waals surface area contributed by atoms with Crippen molar-refractivity contribution in [3.05, 3.63) is 159 Å². The summed E-state index contributed by atoms with van der Waals surface area (Å²) in [6.07, 6.45) is 16.6. The van der Waals surface area contributed by atoms with Crippen LogP contribution >= 0.6 is 0 Å². The van der Waals surface area contributed by atoms with Gasteiger partial charge in [0.1, 0.15) is 14.1 Å². The van der Waals surface area contributed by atoms with Crippen molar-refractivity contribution >= 4 is 0 Å². The number of pyridine rings is 4. The number of benzene rings is 2. The van der Waals surface area contributed by atoms with E-state index in [9.17, 15) is 0 Å². The first-order valence-electron chi connectivity index (χ1n) is 12.7. The first kappa shape index (κ1) is 24.7. The molecule has 0 unspecified atom stereocenters. The standard InChI is InChI=1S/C22H18N2.C12H14N2/c1-3-7-21(8-4-1)23-15-11-19(12-16-23)20-13-17-24(18-14-20)22-9-5-2-6-10-22;1-13-7-3-11(4-8-13)12-5-9-14(2)10-6-12/h1-18H;3-10H,1-2H3/q2*+2. The SMILES string of the molecule is C[n+]1ccc(-c2cc[n+](C)cc2)cc1.c1ccc(-[n+]2ccc(-c3cc[n+](-c4ccccc4)cc3)cc2)cc1. The molecule has 4 aromatic heterocycles. The molecule has 4 heteroatoms. The Morgan fingerprint density at radius 1 is 0.316 bits per heavy atom. The smallest absolute Gasteiger partial charge is 0.208 e. The Kier molecular flexibility index (Phi) is 7.71. The molecule has 0 radical (unpaired) electrons. The maximum Gasteiger partial charge on any atom is 0.210 e. The molecule has 0 bridgehead atoms. The van der Waals surface area contributed by atoms with Crippen LogP contribution in [0, 0.1) is 0 Å². The number of aromatic nitrogens is 4. The van der Waals surface area contributed by atoms with Crippen LogP contribution in [0.25, 0.3) is 33.6 Å². The van der Waals surface area contributed by atoms with E-state index in [1.165, 1.54) is 33.6 Å². The van der Waals surface area contributed by atoms with Crippen molar-refractivity contribution in [2.45, 2.75) is 0 Å². The molecular weight excluding hydrogens is 464 g/mol. The Morgan fingerprint density at radius 2 is 0.579 bits per heavy atom. The lowest BCUT2D eigenvalue weighted by atomic mass is 10.1. The Bertz CT molecular complexity index is 1440. The van der Waals surface area contributed by atoms with E-state index in [4.69, 9.17) is 0 Å². The predicted molar refractivity (Wildman–Crippen MR) is 149 cm³/mol. The van der Waals surface area contributed by atoms with Gasteiger partial charge in [0.25, 0.3) is 0 Å². The fourth-order valence-corrected chi connectivity index (χ4v) is 4.17. The van der Waals surface area contributed by atoms with Gasteiger partial charge in [-0.2, -0.15) is 9.13 Å². The number of hydrogen-bond donors (Lipinski definition) is 0. The first-order valence-corrected chi connectivity index (χ1v) is 12.7. The highest BCUT2D eigenvalue weighted by atomic mass is 14.9. The third kappa shape index (κ3) is 6.23. The summed E-state index contributed by atoms with van der Waals surface area (Å²) in [5, 5.41) is 0. The molecule has 0 amide bonds. The molecule has 0 saturated carbocycles. The molecule has 0 fully saturated rings. The Morgan fingerprint density at radius 3 is 0.868 bits per heavy atom. The molecule has 0 aliphatic carbocycles. The minimum absolute atomic E-state index is 1.17. The lowest BCUT2D eigenvalue weighted by Crippen LogP contribution is -2.29. The molecule has 6 rings (SSSR count). The molecule has 184 valence electrons. The van der Waals surface area contributed by atoms with Crippen LogP contribution in [0.4, 0.5) is 0 Å². The number of para-hydroxylation sites is 2. The quantitative estimate of drug-likeness (QED) is 0.308. The van der Waals surface area contributed by atoms with Crippen molar-refractivity contribution in [3.8, 4) is 33.6 Å². The summed E-state index contributed by atoms with van der Waals surface area (Å²) < 4.78 is 8.31. The number of aryl methyl sites for hydroxylation is 2. The highest BCUT2D eigenvalue weighted by Crippen LogP contribution is 2.17. The van der Waals surface area contributed by atoms with Gasteiger partial charge in [0, 0.05) is 72.8 Å². The third-order valence-electron chi connectivity index (χ3n) is 6.39. The maximum absolute atomic E-state index is 2.15. The molecule has 2 aromatic carbocycles. The largest absolute Gasteiger partial charge is 0.210 e. The van der Waals surface area contributed by atoms with Gasteiger partial charge in [0.15, 0.2) is 49.6 Å². The van der Waals surface area contributed by atoms with E-state index in [0.29, 0.717) is 0 Å². The molecule has 0 saturated heterocycles. The zero-order valence-electron chi connectivity index (χ0n) is 21.8. The van der Waals surface area contributed by atoms with Gasteiger partial charge in [-0.25, -0.2) is 9.13 Å². The van der Waals surface area contributed by atoms with Crippen molar-refractivity contribution < 1.29 is 18.3 Å². The van der Waals surface area contributed by atoms with Crippen molar-refractivity contribution in [1.29, 1.82) is 0 Å². The number of rotatable bonds is 4. The highest BCUT2D eigenvalue weighted by molar-refractivity contribution is 5.61. The Balaban J connectivity index is 0.000000179. The van der Waals surface area contributed by atoms with Crippen molar-refractivity contribution in [1.82, 2.24) is 0 Å². The second kappa shape index (κ2) is 11.8. The van der Waals surface area contributed by atoms with Crippen LogP contribution in [0.2, 0.25) is 0 Å². The van der Waals surface area contributed by atoms with Crippen LogP contribution in [0.15, 0.2) is 159 Å². The summed E-state index contributed by atoms with van der Waals surface area (Å²) in [5.41, 5.74) is 7.26. The monoisotopic (exact) mass is 496 g/mol. The fraction of sp³-hybridized carbons (Fsp3) is 0.0588. The van der Waals surface area contributed by atoms with E-state index >= 15 is 0 Å². The topological polar surface area (TPSA) is 15.5 Å². The summed E-state index contributed by atoms with van der Waals surface area (Å²) >= 11 is 0. The van der Waals surface area contributed by atoms with Crippen molar-refractivity contribution in [2.24, 2.45) is 14.1 Å². The summed E-state index contributed by atoms with van der Waals surface area (Å²) in [4.78, 5) is 0. The van der Waals surface area contributed by atoms with Gasteiger partial charge in [-0.15, -0.1) is 0 Å². The zero-order chi connectivity index (χ0) is 26.2. The average Bonchev–Trinajstić information content (AvgIpc) is 2.99. The summed E-state index contributed by atoms with van der Waals surface area (Å²) in [5.74, 6) is 0. The molecule has 0 atom stereocenters. The van der Waals surface area contributed by atoms with Gasteiger partial charge in [-0.3, -0.25) is 0 Å². The number of hydrogen-bond acceptors (Lipinski definition) is 0. The van der Waals surface area contributed by atoms with Crippen LogP contribution in [-0.2, 0) is 14.1 Å². The van der Waals surface area contributed by atoms with E-state index < -0.39 is 0 Å². The summed E-state index contributed by atoms with van der Waals surface area (Å²) in [7, 11) is 4.05. The molecule has 4 nitrogen and oxygen atoms in total. The molecule has 6 aromatic rings. The molecule has 0 aliphatic rings. The normalized spacial score (nSPS) is 10.4. The summed E-state index contributed by atoms with van der Waals surface area (Å²) in [6, 6.07) is 37.8. The zero-order valence-corrected chi connectivity index (χ0v) is 21.8. The van der Waals surface area contributed by atoms with E-state index in [1.54, 1.807) is 0 Å². The van der Waals surface area contributed by atoms with E-state index in [1.807, 2.05) is 35.4 Å². The predicted octanol–water partition coefficient (Wildman–Crippen LogP) is 4.91. The second-order valence-electron chi connectivity index (χ2n) is 9.16. The van der Waals surface area contributed by atoms with Crippen molar-refractivity contribution in [3.63, 3.8) is 0 Å². The van der Waals surface area contributed by atoms with E-state index in [0.717, 1.165) is 0 Å². The van der Waals surface area contributed by atoms with Crippen LogP contribution < -0.4 is 18.3 Å². The third-order valence-corrected chi connectivity index (χ3v) is 6.39. The molecule has 4 heterocycles. The lowest BCUT2D eigenvalue weighted by Gasteiger charge is -2.01. The fourth-order valence-electron chi connectivity index (χ4n) is 4.17. The minimum Gasteiger partial charge on any atom is -0.208 e. The van der Waals surface area contributed by atoms with Crippen LogP contribution in [-0.4, -0.2) is 0 Å². The average molecular weight is 497 g/mol. The van der Waals surface area contributed by atoms with Gasteiger partial charge in [-0.1, -0.05) is 36.4 Å². The van der Waals surface area contributed by atoms with Gasteiger partial charge in [-0.05, 0) is 22.3 Å². The van der Waals surface area contributed by atoms with Gasteiger partial charge in [0.2, 0.25) is 11.4 Å². The number of nitrogens with zero attached hydrogens (tertiary/aromatic N) is 4. The van der Waals surface area contributed by atoms with Crippen LogP contribution in [0.5, 0.6) is 0 Å². The highest BCUT2D eigenvalue weighted by Gasteiger charge is 2.08. The summed E-state index contributed by atoms with van der Waals surface area (Å²) in [6.45, 7) is 0. The molecule has 0 N–H and O–H groups in total. The molecule has 38 heavy (non-hydrogen) atoms. The first-order chi connectivity index (χ1) is 18.7. The Labute approximate surface area is 224 Å². The van der Waals surface area contributed by atoms with E-state index in [2.05, 4.69) is 156 Å².